The van der Waals surface area contributed by atoms with E-state index in [0.717, 1.165) is 17.1 Å². The second-order valence-electron chi connectivity index (χ2n) is 5.51. The van der Waals surface area contributed by atoms with Crippen molar-refractivity contribution in [3.05, 3.63) is 40.4 Å². The van der Waals surface area contributed by atoms with Crippen molar-refractivity contribution in [1.29, 1.82) is 0 Å². The molecule has 0 amide bonds. The number of aromatic nitrogens is 3. The number of anilines is 1. The van der Waals surface area contributed by atoms with Gasteiger partial charge >= 0.3 is 0 Å². The van der Waals surface area contributed by atoms with Crippen LogP contribution in [0.25, 0.3) is 11.4 Å². The second kappa shape index (κ2) is 6.25. The Morgan fingerprint density at radius 1 is 1.36 bits per heavy atom. The van der Waals surface area contributed by atoms with Crippen molar-refractivity contribution in [2.75, 3.05) is 18.0 Å². The Kier molecular flexibility index (Phi) is 4.18. The maximum absolute atomic E-state index is 13.2. The van der Waals surface area contributed by atoms with E-state index in [1.54, 1.807) is 6.20 Å². The van der Waals surface area contributed by atoms with Crippen LogP contribution in [0.4, 0.5) is 10.2 Å². The third kappa shape index (κ3) is 3.16. The molecule has 2 aromatic rings. The standard InChI is InChI=1S/C16H19FN4O/c1-2-13-9-15(22)20-16(19-13)11-3-4-14(18-10-11)21-7-5-12(17)6-8-21/h3-4,9-10,12H,2,5-8H2,1H3,(H,19,20,22). The van der Waals surface area contributed by atoms with Gasteiger partial charge in [-0.25, -0.2) is 14.4 Å². The van der Waals surface area contributed by atoms with Crippen LogP contribution in [0.15, 0.2) is 29.2 Å². The monoisotopic (exact) mass is 302 g/mol. The number of pyridine rings is 1. The predicted octanol–water partition coefficient (Wildman–Crippen LogP) is 2.33. The van der Waals surface area contributed by atoms with Crippen LogP contribution in [0.5, 0.6) is 0 Å². The molecule has 1 aliphatic rings. The van der Waals surface area contributed by atoms with Crippen LogP contribution in [-0.2, 0) is 6.42 Å². The van der Waals surface area contributed by atoms with Gasteiger partial charge in [-0.05, 0) is 31.4 Å². The third-order valence-electron chi connectivity index (χ3n) is 3.93. The Balaban J connectivity index is 1.82. The van der Waals surface area contributed by atoms with Gasteiger partial charge in [0.1, 0.15) is 17.8 Å². The highest BCUT2D eigenvalue weighted by Crippen LogP contribution is 2.21. The lowest BCUT2D eigenvalue weighted by molar-refractivity contribution is 0.277. The molecule has 3 rings (SSSR count). The number of rotatable bonds is 3. The topological polar surface area (TPSA) is 61.9 Å². The Bertz CT molecular complexity index is 690. The molecule has 22 heavy (non-hydrogen) atoms. The molecule has 3 heterocycles. The lowest BCUT2D eigenvalue weighted by Gasteiger charge is -2.29. The Hall–Kier alpha value is -2.24. The molecular formula is C16H19FN4O. The van der Waals surface area contributed by atoms with E-state index >= 15 is 0 Å². The number of hydrogen-bond donors (Lipinski definition) is 1. The molecule has 0 aliphatic carbocycles. The number of aryl methyl sites for hydroxylation is 1. The van der Waals surface area contributed by atoms with E-state index in [-0.39, 0.29) is 5.56 Å². The molecule has 0 saturated carbocycles. The molecule has 1 aliphatic heterocycles. The molecule has 5 nitrogen and oxygen atoms in total. The summed E-state index contributed by atoms with van der Waals surface area (Å²) in [6.07, 6.45) is 2.82. The molecule has 0 spiro atoms. The number of aromatic amines is 1. The van der Waals surface area contributed by atoms with Gasteiger partial charge in [0, 0.05) is 36.6 Å². The van der Waals surface area contributed by atoms with Crippen LogP contribution in [-0.4, -0.2) is 34.2 Å². The summed E-state index contributed by atoms with van der Waals surface area (Å²) in [4.78, 5) is 25.3. The first-order valence-corrected chi connectivity index (χ1v) is 7.61. The molecule has 1 fully saturated rings. The summed E-state index contributed by atoms with van der Waals surface area (Å²) >= 11 is 0. The molecule has 1 saturated heterocycles. The van der Waals surface area contributed by atoms with Gasteiger partial charge in [0.2, 0.25) is 0 Å². The molecular weight excluding hydrogens is 283 g/mol. The van der Waals surface area contributed by atoms with E-state index in [9.17, 15) is 9.18 Å². The minimum absolute atomic E-state index is 0.157. The van der Waals surface area contributed by atoms with Crippen molar-refractivity contribution >= 4 is 5.82 Å². The molecule has 2 aromatic heterocycles. The van der Waals surface area contributed by atoms with Gasteiger partial charge in [0.25, 0.3) is 5.56 Å². The van der Waals surface area contributed by atoms with Crippen molar-refractivity contribution in [3.63, 3.8) is 0 Å². The molecule has 6 heteroatoms. The normalized spacial score (nSPS) is 16.0. The largest absolute Gasteiger partial charge is 0.356 e. The highest BCUT2D eigenvalue weighted by molar-refractivity contribution is 5.56. The molecule has 1 N–H and O–H groups in total. The Morgan fingerprint density at radius 3 is 2.77 bits per heavy atom. The molecule has 0 unspecified atom stereocenters. The fourth-order valence-corrected chi connectivity index (χ4v) is 2.62. The van der Waals surface area contributed by atoms with Gasteiger partial charge in [-0.2, -0.15) is 0 Å². The predicted molar refractivity (Wildman–Crippen MR) is 83.8 cm³/mol. The van der Waals surface area contributed by atoms with E-state index in [0.29, 0.717) is 38.2 Å². The maximum Gasteiger partial charge on any atom is 0.251 e. The zero-order chi connectivity index (χ0) is 15.5. The van der Waals surface area contributed by atoms with E-state index < -0.39 is 6.17 Å². The molecule has 116 valence electrons. The number of nitrogens with zero attached hydrogens (tertiary/aromatic N) is 3. The summed E-state index contributed by atoms with van der Waals surface area (Å²) in [5.74, 6) is 1.37. The van der Waals surface area contributed by atoms with Crippen molar-refractivity contribution in [1.82, 2.24) is 15.0 Å². The van der Waals surface area contributed by atoms with Crippen molar-refractivity contribution < 1.29 is 4.39 Å². The minimum Gasteiger partial charge on any atom is -0.356 e. The first-order valence-electron chi connectivity index (χ1n) is 7.61. The van der Waals surface area contributed by atoms with Gasteiger partial charge in [0.15, 0.2) is 0 Å². The molecule has 0 bridgehead atoms. The summed E-state index contributed by atoms with van der Waals surface area (Å²) in [5.41, 5.74) is 1.38. The zero-order valence-corrected chi connectivity index (χ0v) is 12.6. The molecule has 0 radical (unpaired) electrons. The highest BCUT2D eigenvalue weighted by Gasteiger charge is 2.19. The van der Waals surface area contributed by atoms with Crippen molar-refractivity contribution in [2.45, 2.75) is 32.4 Å². The van der Waals surface area contributed by atoms with Crippen molar-refractivity contribution in [2.24, 2.45) is 0 Å². The lowest BCUT2D eigenvalue weighted by Crippen LogP contribution is -2.34. The van der Waals surface area contributed by atoms with Crippen LogP contribution in [0.3, 0.4) is 0 Å². The number of alkyl halides is 1. The lowest BCUT2D eigenvalue weighted by atomic mass is 10.1. The van der Waals surface area contributed by atoms with Crippen LogP contribution < -0.4 is 10.5 Å². The van der Waals surface area contributed by atoms with E-state index in [1.165, 1.54) is 6.07 Å². The SMILES string of the molecule is CCc1cc(=O)[nH]c(-c2ccc(N3CCC(F)CC3)nc2)n1. The van der Waals surface area contributed by atoms with E-state index in [1.807, 2.05) is 19.1 Å². The Labute approximate surface area is 128 Å². The number of hydrogen-bond acceptors (Lipinski definition) is 4. The van der Waals surface area contributed by atoms with Crippen molar-refractivity contribution in [3.8, 4) is 11.4 Å². The van der Waals surface area contributed by atoms with Gasteiger partial charge in [0.05, 0.1) is 0 Å². The van der Waals surface area contributed by atoms with Gasteiger partial charge in [-0.15, -0.1) is 0 Å². The average molecular weight is 302 g/mol. The second-order valence-corrected chi connectivity index (χ2v) is 5.51. The Morgan fingerprint density at radius 2 is 2.14 bits per heavy atom. The summed E-state index contributed by atoms with van der Waals surface area (Å²) in [5, 5.41) is 0. The van der Waals surface area contributed by atoms with Crippen LogP contribution >= 0.6 is 0 Å². The van der Waals surface area contributed by atoms with Crippen LogP contribution in [0.1, 0.15) is 25.5 Å². The van der Waals surface area contributed by atoms with Gasteiger partial charge < -0.3 is 9.88 Å². The van der Waals surface area contributed by atoms with Gasteiger partial charge in [-0.3, -0.25) is 4.79 Å². The van der Waals surface area contributed by atoms with Gasteiger partial charge in [-0.1, -0.05) is 6.92 Å². The third-order valence-corrected chi connectivity index (χ3v) is 3.93. The summed E-state index contributed by atoms with van der Waals surface area (Å²) in [7, 11) is 0. The smallest absolute Gasteiger partial charge is 0.251 e. The fraction of sp³-hybridized carbons (Fsp3) is 0.438. The van der Waals surface area contributed by atoms with E-state index in [4.69, 9.17) is 0 Å². The number of halogens is 1. The number of H-pyrrole nitrogens is 1. The van der Waals surface area contributed by atoms with E-state index in [2.05, 4.69) is 19.9 Å². The minimum atomic E-state index is -0.693. The molecule has 0 aromatic carbocycles. The first kappa shape index (κ1) is 14.7. The van der Waals surface area contributed by atoms with Crippen LogP contribution in [0, 0.1) is 0 Å². The molecule has 0 atom stereocenters. The first-order chi connectivity index (χ1) is 10.7. The quantitative estimate of drug-likeness (QED) is 0.945. The summed E-state index contributed by atoms with van der Waals surface area (Å²) in [6.45, 7) is 3.34. The fourth-order valence-electron chi connectivity index (χ4n) is 2.62. The summed E-state index contributed by atoms with van der Waals surface area (Å²) in [6, 6.07) is 5.29. The number of piperidine rings is 1. The number of nitrogens with one attached hydrogen (secondary N) is 1. The van der Waals surface area contributed by atoms with Crippen LogP contribution in [0.2, 0.25) is 0 Å². The maximum atomic E-state index is 13.2. The highest BCUT2D eigenvalue weighted by atomic mass is 19.1. The average Bonchev–Trinajstić information content (AvgIpc) is 2.55. The summed E-state index contributed by atoms with van der Waals surface area (Å²) < 4.78 is 13.2. The zero-order valence-electron chi connectivity index (χ0n) is 12.6.